The molecule has 1 N–H and O–H groups in total. The number of rotatable bonds is 3. The summed E-state index contributed by atoms with van der Waals surface area (Å²) in [5.41, 5.74) is 2.94. The van der Waals surface area contributed by atoms with E-state index in [0.29, 0.717) is 5.56 Å². The first-order valence-corrected chi connectivity index (χ1v) is 7.31. The predicted octanol–water partition coefficient (Wildman–Crippen LogP) is 3.41. The predicted molar refractivity (Wildman–Crippen MR) is 86.9 cm³/mol. The molecule has 3 heteroatoms. The minimum atomic E-state index is -0.189. The smallest absolute Gasteiger partial charge is 0.130 e. The summed E-state index contributed by atoms with van der Waals surface area (Å²) in [6.45, 7) is 4.17. The molecule has 0 saturated carbocycles. The van der Waals surface area contributed by atoms with Crippen molar-refractivity contribution in [2.75, 3.05) is 31.1 Å². The molecule has 1 aliphatic heterocycles. The number of halogens is 1. The van der Waals surface area contributed by atoms with Crippen molar-refractivity contribution in [3.05, 3.63) is 65.5 Å². The number of nitrogens with zero attached hydrogens (tertiary/aromatic N) is 1. The molecule has 2 nitrogen and oxygen atoms in total. The van der Waals surface area contributed by atoms with Crippen molar-refractivity contribution in [3.8, 4) is 0 Å². The van der Waals surface area contributed by atoms with Crippen LogP contribution in [-0.4, -0.2) is 26.2 Å². The molecular formula is C18H19FN2. The van der Waals surface area contributed by atoms with E-state index in [1.54, 1.807) is 12.1 Å². The van der Waals surface area contributed by atoms with Crippen LogP contribution in [0.3, 0.4) is 0 Å². The fraction of sp³-hybridized carbons (Fsp3) is 0.222. The quantitative estimate of drug-likeness (QED) is 0.868. The molecule has 1 saturated heterocycles. The number of hydrogen-bond acceptors (Lipinski definition) is 2. The topological polar surface area (TPSA) is 15.3 Å². The van der Waals surface area contributed by atoms with Crippen LogP contribution in [0.5, 0.6) is 0 Å². The maximum Gasteiger partial charge on any atom is 0.130 e. The molecule has 0 bridgehead atoms. The summed E-state index contributed by atoms with van der Waals surface area (Å²) < 4.78 is 13.5. The normalized spacial score (nSPS) is 15.6. The van der Waals surface area contributed by atoms with Gasteiger partial charge in [0.1, 0.15) is 5.82 Å². The van der Waals surface area contributed by atoms with Gasteiger partial charge in [0.15, 0.2) is 0 Å². The summed E-state index contributed by atoms with van der Waals surface area (Å²) >= 11 is 0. The minimum absolute atomic E-state index is 0.189. The zero-order valence-corrected chi connectivity index (χ0v) is 11.9. The third kappa shape index (κ3) is 3.50. The highest BCUT2D eigenvalue weighted by atomic mass is 19.1. The number of benzene rings is 2. The molecule has 21 heavy (non-hydrogen) atoms. The Kier molecular flexibility index (Phi) is 4.31. The molecule has 0 spiro atoms. The van der Waals surface area contributed by atoms with Gasteiger partial charge in [-0.05, 0) is 23.8 Å². The summed E-state index contributed by atoms with van der Waals surface area (Å²) in [5, 5.41) is 3.35. The maximum absolute atomic E-state index is 13.5. The zero-order chi connectivity index (χ0) is 14.5. The molecule has 0 aromatic heterocycles. The van der Waals surface area contributed by atoms with Crippen LogP contribution in [0, 0.1) is 5.82 Å². The third-order valence-electron chi connectivity index (χ3n) is 3.74. The lowest BCUT2D eigenvalue weighted by atomic mass is 10.1. The van der Waals surface area contributed by atoms with Crippen molar-refractivity contribution in [2.24, 2.45) is 0 Å². The Morgan fingerprint density at radius 1 is 0.905 bits per heavy atom. The van der Waals surface area contributed by atoms with Gasteiger partial charge in [0.25, 0.3) is 0 Å². The van der Waals surface area contributed by atoms with Crippen molar-refractivity contribution in [1.29, 1.82) is 0 Å². The standard InChI is InChI=1S/C18H19FN2/c19-18-4-2-1-3-16(18)8-5-15-6-9-17(10-7-15)21-13-11-20-12-14-21/h1-10,20H,11-14H2/b8-5+. The van der Waals surface area contributed by atoms with Gasteiger partial charge in [0.05, 0.1) is 0 Å². The van der Waals surface area contributed by atoms with Crippen molar-refractivity contribution in [2.45, 2.75) is 0 Å². The average molecular weight is 282 g/mol. The monoisotopic (exact) mass is 282 g/mol. The molecule has 2 aromatic carbocycles. The second-order valence-corrected chi connectivity index (χ2v) is 5.18. The highest BCUT2D eigenvalue weighted by molar-refractivity contribution is 5.70. The van der Waals surface area contributed by atoms with E-state index < -0.39 is 0 Å². The van der Waals surface area contributed by atoms with Gasteiger partial charge in [0, 0.05) is 37.4 Å². The fourth-order valence-electron chi connectivity index (χ4n) is 2.52. The van der Waals surface area contributed by atoms with E-state index in [9.17, 15) is 4.39 Å². The number of piperazine rings is 1. The largest absolute Gasteiger partial charge is 0.369 e. The van der Waals surface area contributed by atoms with Crippen molar-refractivity contribution >= 4 is 17.8 Å². The van der Waals surface area contributed by atoms with Crippen molar-refractivity contribution in [3.63, 3.8) is 0 Å². The molecule has 0 amide bonds. The maximum atomic E-state index is 13.5. The molecular weight excluding hydrogens is 263 g/mol. The van der Waals surface area contributed by atoms with Crippen LogP contribution in [0.4, 0.5) is 10.1 Å². The number of nitrogens with one attached hydrogen (secondary N) is 1. The molecule has 2 aromatic rings. The van der Waals surface area contributed by atoms with Gasteiger partial charge in [-0.1, -0.05) is 42.5 Å². The van der Waals surface area contributed by atoms with Crippen molar-refractivity contribution in [1.82, 2.24) is 5.32 Å². The lowest BCUT2D eigenvalue weighted by Crippen LogP contribution is -2.43. The summed E-state index contributed by atoms with van der Waals surface area (Å²) in [7, 11) is 0. The highest BCUT2D eigenvalue weighted by Gasteiger charge is 2.09. The van der Waals surface area contributed by atoms with E-state index in [0.717, 1.165) is 31.7 Å². The lowest BCUT2D eigenvalue weighted by molar-refractivity contribution is 0.589. The van der Waals surface area contributed by atoms with Crippen LogP contribution in [-0.2, 0) is 0 Å². The first-order chi connectivity index (χ1) is 10.3. The fourth-order valence-corrected chi connectivity index (χ4v) is 2.52. The van der Waals surface area contributed by atoms with Gasteiger partial charge in [-0.3, -0.25) is 0 Å². The first kappa shape index (κ1) is 13.8. The summed E-state index contributed by atoms with van der Waals surface area (Å²) in [6.07, 6.45) is 3.76. The third-order valence-corrected chi connectivity index (χ3v) is 3.74. The molecule has 0 atom stereocenters. The van der Waals surface area contributed by atoms with Crippen LogP contribution < -0.4 is 10.2 Å². The Morgan fingerprint density at radius 3 is 2.33 bits per heavy atom. The van der Waals surface area contributed by atoms with Crippen LogP contribution in [0.1, 0.15) is 11.1 Å². The van der Waals surface area contributed by atoms with E-state index in [1.165, 1.54) is 11.8 Å². The lowest BCUT2D eigenvalue weighted by Gasteiger charge is -2.29. The minimum Gasteiger partial charge on any atom is -0.369 e. The highest BCUT2D eigenvalue weighted by Crippen LogP contribution is 2.17. The number of hydrogen-bond donors (Lipinski definition) is 1. The molecule has 1 fully saturated rings. The van der Waals surface area contributed by atoms with Crippen LogP contribution in [0.15, 0.2) is 48.5 Å². The molecule has 108 valence electrons. The number of anilines is 1. The molecule has 1 aliphatic rings. The summed E-state index contributed by atoms with van der Waals surface area (Å²) in [6, 6.07) is 15.2. The van der Waals surface area contributed by atoms with Crippen molar-refractivity contribution < 1.29 is 4.39 Å². The van der Waals surface area contributed by atoms with Crippen LogP contribution in [0.25, 0.3) is 12.2 Å². The second kappa shape index (κ2) is 6.55. The molecule has 1 heterocycles. The van der Waals surface area contributed by atoms with Gasteiger partial charge in [0.2, 0.25) is 0 Å². The van der Waals surface area contributed by atoms with Gasteiger partial charge in [-0.2, -0.15) is 0 Å². The second-order valence-electron chi connectivity index (χ2n) is 5.18. The molecule has 3 rings (SSSR count). The molecule has 0 aliphatic carbocycles. The van der Waals surface area contributed by atoms with Gasteiger partial charge in [-0.25, -0.2) is 4.39 Å². The van der Waals surface area contributed by atoms with E-state index >= 15 is 0 Å². The Hall–Kier alpha value is -2.13. The van der Waals surface area contributed by atoms with E-state index in [-0.39, 0.29) is 5.82 Å². The average Bonchev–Trinajstić information content (AvgIpc) is 2.55. The SMILES string of the molecule is Fc1ccccc1/C=C/c1ccc(N2CCNCC2)cc1. The summed E-state index contributed by atoms with van der Waals surface area (Å²) in [4.78, 5) is 2.38. The van der Waals surface area contributed by atoms with Gasteiger partial charge >= 0.3 is 0 Å². The summed E-state index contributed by atoms with van der Waals surface area (Å²) in [5.74, 6) is -0.189. The van der Waals surface area contributed by atoms with E-state index in [1.807, 2.05) is 18.2 Å². The van der Waals surface area contributed by atoms with E-state index in [4.69, 9.17) is 0 Å². The first-order valence-electron chi connectivity index (χ1n) is 7.31. The van der Waals surface area contributed by atoms with Gasteiger partial charge in [-0.15, -0.1) is 0 Å². The molecule has 0 unspecified atom stereocenters. The van der Waals surface area contributed by atoms with Gasteiger partial charge < -0.3 is 10.2 Å². The van der Waals surface area contributed by atoms with E-state index in [2.05, 4.69) is 34.5 Å². The Labute approximate surface area is 124 Å². The Morgan fingerprint density at radius 2 is 1.62 bits per heavy atom. The molecule has 0 radical (unpaired) electrons. The Bertz CT molecular complexity index is 613. The zero-order valence-electron chi connectivity index (χ0n) is 11.9. The van der Waals surface area contributed by atoms with Crippen LogP contribution >= 0.6 is 0 Å². The van der Waals surface area contributed by atoms with Crippen LogP contribution in [0.2, 0.25) is 0 Å². The Balaban J connectivity index is 1.71.